The fourth-order valence-electron chi connectivity index (χ4n) is 4.63. The van der Waals surface area contributed by atoms with Gasteiger partial charge in [0.2, 0.25) is 11.8 Å². The van der Waals surface area contributed by atoms with Crippen LogP contribution in [0.4, 0.5) is 11.5 Å². The number of benzene rings is 1. The smallest absolute Gasteiger partial charge is 0.242 e. The van der Waals surface area contributed by atoms with Crippen LogP contribution in [-0.2, 0) is 16.0 Å². The van der Waals surface area contributed by atoms with Crippen LogP contribution in [0.15, 0.2) is 48.7 Å². The van der Waals surface area contributed by atoms with Gasteiger partial charge >= 0.3 is 0 Å². The van der Waals surface area contributed by atoms with E-state index in [2.05, 4.69) is 16.0 Å². The number of rotatable bonds is 3. The number of hydrogen-bond acceptors (Lipinski definition) is 4. The number of amides is 2. The van der Waals surface area contributed by atoms with E-state index in [1.165, 1.54) is 5.56 Å². The lowest BCUT2D eigenvalue weighted by molar-refractivity contribution is -0.143. The fraction of sp³-hybridized carbons (Fsp3) is 0.435. The maximum Gasteiger partial charge on any atom is 0.242 e. The molecule has 2 aromatic rings. The average molecular weight is 390 g/mol. The van der Waals surface area contributed by atoms with Gasteiger partial charge in [-0.05, 0) is 49.4 Å². The normalized spacial score (nSPS) is 20.2. The second kappa shape index (κ2) is 7.17. The quantitative estimate of drug-likeness (QED) is 0.756. The highest BCUT2D eigenvalue weighted by atomic mass is 16.2. The first-order valence-corrected chi connectivity index (χ1v) is 10.5. The van der Waals surface area contributed by atoms with Crippen molar-refractivity contribution in [3.63, 3.8) is 0 Å². The minimum atomic E-state index is -0.836. The zero-order valence-electron chi connectivity index (χ0n) is 16.6. The van der Waals surface area contributed by atoms with E-state index in [1.54, 1.807) is 6.20 Å². The molecule has 150 valence electrons. The van der Waals surface area contributed by atoms with Crippen LogP contribution in [0, 0.1) is 5.41 Å². The lowest BCUT2D eigenvalue weighted by Gasteiger charge is -2.38. The predicted octanol–water partition coefficient (Wildman–Crippen LogP) is 2.49. The number of hydrogen-bond donors (Lipinski definition) is 0. The standard InChI is InChI=1S/C23H26N4O2/c28-21(26-16-14-25(15-17-26)20-9-3-4-12-24-20)23(10-11-23)22(29)27-13-5-7-18-6-1-2-8-19(18)27/h1-4,6,8-9,12H,5,7,10-11,13-17H2. The van der Waals surface area contributed by atoms with Gasteiger partial charge in [-0.1, -0.05) is 24.3 Å². The van der Waals surface area contributed by atoms with E-state index in [-0.39, 0.29) is 11.8 Å². The zero-order chi connectivity index (χ0) is 19.8. The van der Waals surface area contributed by atoms with Crippen molar-refractivity contribution >= 4 is 23.3 Å². The molecule has 2 fully saturated rings. The number of para-hydroxylation sites is 1. The van der Waals surface area contributed by atoms with Crippen molar-refractivity contribution in [2.45, 2.75) is 25.7 Å². The zero-order valence-corrected chi connectivity index (χ0v) is 16.6. The Morgan fingerprint density at radius 3 is 2.34 bits per heavy atom. The maximum atomic E-state index is 13.5. The number of fused-ring (bicyclic) bond motifs is 1. The third kappa shape index (κ3) is 3.16. The van der Waals surface area contributed by atoms with Gasteiger partial charge in [-0.25, -0.2) is 4.98 Å². The third-order valence-corrected chi connectivity index (χ3v) is 6.46. The molecule has 2 aliphatic heterocycles. The monoisotopic (exact) mass is 390 g/mol. The van der Waals surface area contributed by atoms with Gasteiger partial charge in [-0.3, -0.25) is 9.59 Å². The van der Waals surface area contributed by atoms with Crippen LogP contribution in [0.5, 0.6) is 0 Å². The first kappa shape index (κ1) is 18.2. The molecule has 0 N–H and O–H groups in total. The lowest BCUT2D eigenvalue weighted by Crippen LogP contribution is -2.54. The Morgan fingerprint density at radius 1 is 0.862 bits per heavy atom. The van der Waals surface area contributed by atoms with Crippen molar-refractivity contribution in [2.75, 3.05) is 42.5 Å². The van der Waals surface area contributed by atoms with Crippen molar-refractivity contribution in [1.82, 2.24) is 9.88 Å². The second-order valence-corrected chi connectivity index (χ2v) is 8.24. The SMILES string of the molecule is O=C(N1CCN(c2ccccn2)CC1)C1(C(=O)N2CCCc3ccccc32)CC1. The highest BCUT2D eigenvalue weighted by Gasteiger charge is 2.59. The summed E-state index contributed by atoms with van der Waals surface area (Å²) >= 11 is 0. The van der Waals surface area contributed by atoms with E-state index in [4.69, 9.17) is 0 Å². The van der Waals surface area contributed by atoms with Crippen molar-refractivity contribution in [2.24, 2.45) is 5.41 Å². The van der Waals surface area contributed by atoms with E-state index in [1.807, 2.05) is 46.2 Å². The summed E-state index contributed by atoms with van der Waals surface area (Å²) in [6.07, 6.45) is 5.08. The van der Waals surface area contributed by atoms with E-state index < -0.39 is 5.41 Å². The predicted molar refractivity (Wildman–Crippen MR) is 112 cm³/mol. The molecular weight excluding hydrogens is 364 g/mol. The van der Waals surface area contributed by atoms with Crippen LogP contribution in [0.3, 0.4) is 0 Å². The number of piperazine rings is 1. The summed E-state index contributed by atoms with van der Waals surface area (Å²) in [7, 11) is 0. The molecule has 6 heteroatoms. The molecule has 5 rings (SSSR count). The minimum Gasteiger partial charge on any atom is -0.353 e. The molecule has 0 atom stereocenters. The number of carbonyl (C=O) groups is 2. The Balaban J connectivity index is 1.29. The largest absolute Gasteiger partial charge is 0.353 e. The summed E-state index contributed by atoms with van der Waals surface area (Å²) in [5.74, 6) is 0.967. The minimum absolute atomic E-state index is 0.00167. The molecule has 0 spiro atoms. The summed E-state index contributed by atoms with van der Waals surface area (Å²) in [6.45, 7) is 3.49. The first-order valence-electron chi connectivity index (χ1n) is 10.5. The Kier molecular flexibility index (Phi) is 4.49. The van der Waals surface area contributed by atoms with Gasteiger partial charge in [0.05, 0.1) is 0 Å². The number of anilines is 2. The van der Waals surface area contributed by atoms with Gasteiger partial charge in [0, 0.05) is 44.6 Å². The van der Waals surface area contributed by atoms with Crippen molar-refractivity contribution < 1.29 is 9.59 Å². The molecule has 6 nitrogen and oxygen atoms in total. The maximum absolute atomic E-state index is 13.5. The van der Waals surface area contributed by atoms with Gasteiger partial charge in [-0.15, -0.1) is 0 Å². The van der Waals surface area contributed by atoms with Crippen LogP contribution >= 0.6 is 0 Å². The third-order valence-electron chi connectivity index (χ3n) is 6.46. The topological polar surface area (TPSA) is 56.8 Å². The molecule has 3 aliphatic rings. The Labute approximate surface area is 171 Å². The van der Waals surface area contributed by atoms with Crippen molar-refractivity contribution in [1.29, 1.82) is 0 Å². The molecule has 1 saturated heterocycles. The number of carbonyl (C=O) groups excluding carboxylic acids is 2. The van der Waals surface area contributed by atoms with E-state index in [0.717, 1.165) is 37.4 Å². The Bertz CT molecular complexity index is 917. The summed E-state index contributed by atoms with van der Waals surface area (Å²) in [6, 6.07) is 14.0. The molecule has 1 saturated carbocycles. The highest BCUT2D eigenvalue weighted by molar-refractivity contribution is 6.14. The number of nitrogens with zero attached hydrogens (tertiary/aromatic N) is 4. The fourth-order valence-corrected chi connectivity index (χ4v) is 4.63. The van der Waals surface area contributed by atoms with E-state index in [9.17, 15) is 9.59 Å². The molecule has 1 aromatic heterocycles. The molecule has 0 bridgehead atoms. The van der Waals surface area contributed by atoms with Gasteiger partial charge in [0.25, 0.3) is 0 Å². The van der Waals surface area contributed by atoms with Gasteiger partial charge in [0.15, 0.2) is 0 Å². The molecule has 1 aliphatic carbocycles. The summed E-state index contributed by atoms with van der Waals surface area (Å²) < 4.78 is 0. The number of aryl methyl sites for hydroxylation is 1. The lowest BCUT2D eigenvalue weighted by atomic mass is 9.97. The summed E-state index contributed by atoms with van der Waals surface area (Å²) in [4.78, 5) is 37.2. The molecule has 0 radical (unpaired) electrons. The molecule has 1 aromatic carbocycles. The van der Waals surface area contributed by atoms with Crippen LogP contribution in [0.1, 0.15) is 24.8 Å². The Morgan fingerprint density at radius 2 is 1.62 bits per heavy atom. The average Bonchev–Trinajstić information content (AvgIpc) is 3.60. The Hall–Kier alpha value is -2.89. The molecule has 0 unspecified atom stereocenters. The van der Waals surface area contributed by atoms with Crippen LogP contribution in [0.2, 0.25) is 0 Å². The van der Waals surface area contributed by atoms with Gasteiger partial charge in [-0.2, -0.15) is 0 Å². The highest BCUT2D eigenvalue weighted by Crippen LogP contribution is 2.50. The first-order chi connectivity index (χ1) is 14.2. The van der Waals surface area contributed by atoms with Crippen LogP contribution in [0.25, 0.3) is 0 Å². The second-order valence-electron chi connectivity index (χ2n) is 8.24. The van der Waals surface area contributed by atoms with Gasteiger partial charge < -0.3 is 14.7 Å². The van der Waals surface area contributed by atoms with Crippen molar-refractivity contribution in [3.8, 4) is 0 Å². The summed E-state index contributed by atoms with van der Waals surface area (Å²) in [5.41, 5.74) is 1.36. The van der Waals surface area contributed by atoms with E-state index >= 15 is 0 Å². The summed E-state index contributed by atoms with van der Waals surface area (Å²) in [5, 5.41) is 0. The van der Waals surface area contributed by atoms with E-state index in [0.29, 0.717) is 32.5 Å². The number of pyridine rings is 1. The van der Waals surface area contributed by atoms with Crippen molar-refractivity contribution in [3.05, 3.63) is 54.2 Å². The van der Waals surface area contributed by atoms with Gasteiger partial charge in [0.1, 0.15) is 11.2 Å². The van der Waals surface area contributed by atoms with Crippen LogP contribution < -0.4 is 9.80 Å². The molecule has 29 heavy (non-hydrogen) atoms. The molecule has 2 amide bonds. The molecule has 3 heterocycles. The number of aromatic nitrogens is 1. The molecular formula is C23H26N4O2. The van der Waals surface area contributed by atoms with Crippen LogP contribution in [-0.4, -0.2) is 54.4 Å².